The Hall–Kier alpha value is -2.78. The first kappa shape index (κ1) is 23.9. The van der Waals surface area contributed by atoms with Gasteiger partial charge in [0, 0.05) is 25.5 Å². The first-order valence-corrected chi connectivity index (χ1v) is 12.1. The summed E-state index contributed by atoms with van der Waals surface area (Å²) < 4.78 is 31.9. The molecule has 1 aliphatic rings. The summed E-state index contributed by atoms with van der Waals surface area (Å²) in [4.78, 5) is 28.6. The molecule has 2 heterocycles. The maximum absolute atomic E-state index is 12.7. The number of sulfonamides is 1. The number of ether oxygens (including phenoxy) is 1. The molecule has 3 rings (SSSR count). The van der Waals surface area contributed by atoms with Crippen molar-refractivity contribution in [3.05, 3.63) is 59.4 Å². The number of aromatic nitrogens is 1. The molecule has 0 spiro atoms. The fourth-order valence-electron chi connectivity index (χ4n) is 3.64. The number of aryl methyl sites for hydroxylation is 2. The van der Waals surface area contributed by atoms with E-state index in [1.165, 1.54) is 28.3 Å². The van der Waals surface area contributed by atoms with Crippen LogP contribution in [0.5, 0.6) is 0 Å². The van der Waals surface area contributed by atoms with Crippen LogP contribution in [0, 0.1) is 19.8 Å². The highest BCUT2D eigenvalue weighted by Gasteiger charge is 2.33. The molecule has 2 aromatic rings. The van der Waals surface area contributed by atoms with Crippen molar-refractivity contribution in [3.8, 4) is 0 Å². The largest absolute Gasteiger partial charge is 0.455 e. The average molecular weight is 460 g/mol. The number of esters is 1. The van der Waals surface area contributed by atoms with Crippen molar-refractivity contribution < 1.29 is 22.7 Å². The van der Waals surface area contributed by atoms with Gasteiger partial charge in [-0.05, 0) is 62.4 Å². The van der Waals surface area contributed by atoms with Gasteiger partial charge in [0.05, 0.1) is 12.0 Å². The maximum atomic E-state index is 12.7. The summed E-state index contributed by atoms with van der Waals surface area (Å²) in [6.45, 7) is 5.99. The minimum atomic E-state index is -3.63. The quantitative estimate of drug-likeness (QED) is 0.638. The van der Waals surface area contributed by atoms with E-state index in [-0.39, 0.29) is 36.5 Å². The lowest BCUT2D eigenvalue weighted by Gasteiger charge is -2.30. The van der Waals surface area contributed by atoms with Crippen LogP contribution in [0.3, 0.4) is 0 Å². The lowest BCUT2D eigenvalue weighted by Crippen LogP contribution is -2.41. The molecule has 1 N–H and O–H groups in total. The van der Waals surface area contributed by atoms with Crippen molar-refractivity contribution in [1.82, 2.24) is 14.6 Å². The van der Waals surface area contributed by atoms with Gasteiger partial charge in [-0.25, -0.2) is 8.42 Å². The number of carbonyl (C=O) groups is 2. The molecule has 1 atom stereocenters. The summed E-state index contributed by atoms with van der Waals surface area (Å²) in [6, 6.07) is 8.87. The number of amides is 1. The van der Waals surface area contributed by atoms with Gasteiger partial charge < -0.3 is 10.1 Å². The topological polar surface area (TPSA) is 106 Å². The SMILES string of the molecule is Cc1ccc(C(C)NC(=O)COC(=O)C2CCN(S(=O)(=O)c3cccnc3)CC2)cc1C. The predicted molar refractivity (Wildman–Crippen MR) is 119 cm³/mol. The van der Waals surface area contributed by atoms with Crippen molar-refractivity contribution in [2.24, 2.45) is 5.92 Å². The molecule has 1 aromatic heterocycles. The molecule has 1 fully saturated rings. The van der Waals surface area contributed by atoms with Gasteiger partial charge in [-0.1, -0.05) is 18.2 Å². The predicted octanol–water partition coefficient (Wildman–Crippen LogP) is 2.52. The molecule has 1 aliphatic heterocycles. The summed E-state index contributed by atoms with van der Waals surface area (Å²) in [7, 11) is -3.63. The molecule has 9 heteroatoms. The first-order chi connectivity index (χ1) is 15.2. The molecular formula is C23H29N3O5S. The third-order valence-electron chi connectivity index (χ3n) is 5.81. The highest BCUT2D eigenvalue weighted by molar-refractivity contribution is 7.89. The molecule has 1 saturated heterocycles. The van der Waals surface area contributed by atoms with Crippen molar-refractivity contribution in [1.29, 1.82) is 0 Å². The molecular weight excluding hydrogens is 430 g/mol. The van der Waals surface area contributed by atoms with Crippen molar-refractivity contribution >= 4 is 21.9 Å². The van der Waals surface area contributed by atoms with Crippen molar-refractivity contribution in [2.45, 2.75) is 44.6 Å². The van der Waals surface area contributed by atoms with Gasteiger partial charge in [0.25, 0.3) is 5.91 Å². The lowest BCUT2D eigenvalue weighted by molar-refractivity contribution is -0.153. The Labute approximate surface area is 189 Å². The molecule has 1 aromatic carbocycles. The molecule has 0 bridgehead atoms. The normalized spacial score (nSPS) is 16.3. The number of hydrogen-bond acceptors (Lipinski definition) is 6. The Kier molecular flexibility index (Phi) is 7.63. The third kappa shape index (κ3) is 5.72. The van der Waals surface area contributed by atoms with E-state index in [0.717, 1.165) is 11.1 Å². The van der Waals surface area contributed by atoms with Gasteiger partial charge >= 0.3 is 5.97 Å². The third-order valence-corrected chi connectivity index (χ3v) is 7.70. The second-order valence-corrected chi connectivity index (χ2v) is 10.0. The summed E-state index contributed by atoms with van der Waals surface area (Å²) in [5.41, 5.74) is 3.31. The van der Waals surface area contributed by atoms with Crippen LogP contribution in [0.15, 0.2) is 47.6 Å². The number of nitrogens with zero attached hydrogens (tertiary/aromatic N) is 2. The van der Waals surface area contributed by atoms with Crippen LogP contribution in [0.2, 0.25) is 0 Å². The van der Waals surface area contributed by atoms with E-state index >= 15 is 0 Å². The van der Waals surface area contributed by atoms with Gasteiger partial charge in [-0.15, -0.1) is 0 Å². The second kappa shape index (κ2) is 10.2. The van der Waals surface area contributed by atoms with Crippen LogP contribution < -0.4 is 5.32 Å². The van der Waals surface area contributed by atoms with E-state index in [9.17, 15) is 18.0 Å². The Morgan fingerprint density at radius 3 is 2.53 bits per heavy atom. The monoisotopic (exact) mass is 459 g/mol. The standard InChI is InChI=1S/C23H29N3O5S/c1-16-6-7-20(13-17(16)2)18(3)25-22(27)15-31-23(28)19-8-11-26(12-9-19)32(29,30)21-5-4-10-24-14-21/h4-7,10,13-14,18-19H,8-9,11-12,15H2,1-3H3,(H,25,27). The van der Waals surface area contributed by atoms with E-state index in [2.05, 4.69) is 10.3 Å². The van der Waals surface area contributed by atoms with Gasteiger partial charge in [-0.2, -0.15) is 4.31 Å². The zero-order valence-electron chi connectivity index (χ0n) is 18.6. The summed E-state index contributed by atoms with van der Waals surface area (Å²) in [5, 5.41) is 2.84. The van der Waals surface area contributed by atoms with Gasteiger partial charge in [0.15, 0.2) is 6.61 Å². The van der Waals surface area contributed by atoms with Gasteiger partial charge in [0.1, 0.15) is 4.90 Å². The lowest BCUT2D eigenvalue weighted by atomic mass is 9.98. The number of nitrogens with one attached hydrogen (secondary N) is 1. The zero-order valence-corrected chi connectivity index (χ0v) is 19.4. The average Bonchev–Trinajstić information content (AvgIpc) is 2.80. The van der Waals surface area contributed by atoms with E-state index in [0.29, 0.717) is 12.8 Å². The molecule has 0 aliphatic carbocycles. The summed E-state index contributed by atoms with van der Waals surface area (Å²) >= 11 is 0. The molecule has 1 amide bonds. The Morgan fingerprint density at radius 1 is 1.19 bits per heavy atom. The Balaban J connectivity index is 1.46. The highest BCUT2D eigenvalue weighted by atomic mass is 32.2. The molecule has 1 unspecified atom stereocenters. The van der Waals surface area contributed by atoms with Gasteiger partial charge in [0.2, 0.25) is 10.0 Å². The van der Waals surface area contributed by atoms with E-state index in [4.69, 9.17) is 4.74 Å². The fraction of sp³-hybridized carbons (Fsp3) is 0.435. The van der Waals surface area contributed by atoms with Crippen LogP contribution in [0.1, 0.15) is 42.5 Å². The number of rotatable bonds is 7. The molecule has 8 nitrogen and oxygen atoms in total. The molecule has 0 radical (unpaired) electrons. The van der Waals surface area contributed by atoms with Gasteiger partial charge in [-0.3, -0.25) is 14.6 Å². The number of carbonyl (C=O) groups excluding carboxylic acids is 2. The van der Waals surface area contributed by atoms with Crippen molar-refractivity contribution in [3.63, 3.8) is 0 Å². The second-order valence-electron chi connectivity index (χ2n) is 8.11. The van der Waals surface area contributed by atoms with Crippen LogP contribution in [-0.2, 0) is 24.3 Å². The highest BCUT2D eigenvalue weighted by Crippen LogP contribution is 2.24. The Bertz CT molecular complexity index is 1060. The molecule has 32 heavy (non-hydrogen) atoms. The fourth-order valence-corrected chi connectivity index (χ4v) is 5.07. The van der Waals surface area contributed by atoms with Crippen LogP contribution in [0.4, 0.5) is 0 Å². The van der Waals surface area contributed by atoms with E-state index in [1.807, 2.05) is 39.0 Å². The van der Waals surface area contributed by atoms with Crippen LogP contribution in [-0.4, -0.2) is 49.3 Å². The number of piperidine rings is 1. The minimum Gasteiger partial charge on any atom is -0.455 e. The van der Waals surface area contributed by atoms with Crippen molar-refractivity contribution in [2.75, 3.05) is 19.7 Å². The number of pyridine rings is 1. The smallest absolute Gasteiger partial charge is 0.309 e. The summed E-state index contributed by atoms with van der Waals surface area (Å²) in [6.07, 6.45) is 3.52. The summed E-state index contributed by atoms with van der Waals surface area (Å²) in [5.74, 6) is -1.28. The molecule has 172 valence electrons. The van der Waals surface area contributed by atoms with E-state index < -0.39 is 21.9 Å². The maximum Gasteiger partial charge on any atom is 0.309 e. The molecule has 0 saturated carbocycles. The first-order valence-electron chi connectivity index (χ1n) is 10.6. The van der Waals surface area contributed by atoms with Crippen LogP contribution >= 0.6 is 0 Å². The Morgan fingerprint density at radius 2 is 1.91 bits per heavy atom. The number of benzene rings is 1. The van der Waals surface area contributed by atoms with E-state index in [1.54, 1.807) is 6.07 Å². The zero-order chi connectivity index (χ0) is 23.3. The number of hydrogen-bond donors (Lipinski definition) is 1. The minimum absolute atomic E-state index is 0.135. The van der Waals surface area contributed by atoms with Crippen LogP contribution in [0.25, 0.3) is 0 Å².